The fraction of sp³-hybridized carbons (Fsp3) is 0.345. The Labute approximate surface area is 215 Å². The zero-order valence-corrected chi connectivity index (χ0v) is 20.9. The third-order valence-electron chi connectivity index (χ3n) is 7.31. The number of allylic oxidation sites excluding steroid dienone is 3. The number of Topliss-reactive ketones (excluding diaryl/α,β-unsaturated/α-hetero) is 1. The predicted molar refractivity (Wildman–Crippen MR) is 136 cm³/mol. The quantitative estimate of drug-likeness (QED) is 0.536. The maximum Gasteiger partial charge on any atom is 0.337 e. The highest BCUT2D eigenvalue weighted by Crippen LogP contribution is 2.47. The number of hydrogen-bond acceptors (Lipinski definition) is 7. The molecule has 2 aliphatic heterocycles. The fourth-order valence-electron chi connectivity index (χ4n) is 5.64. The fourth-order valence-corrected chi connectivity index (χ4v) is 5.64. The molecule has 1 amide bonds. The van der Waals surface area contributed by atoms with Gasteiger partial charge in [-0.25, -0.2) is 4.79 Å². The van der Waals surface area contributed by atoms with Crippen LogP contribution in [0.4, 0.5) is 0 Å². The Balaban J connectivity index is 1.53. The molecule has 0 unspecified atom stereocenters. The monoisotopic (exact) mass is 502 g/mol. The van der Waals surface area contributed by atoms with Crippen LogP contribution in [-0.4, -0.2) is 42.5 Å². The lowest BCUT2D eigenvalue weighted by molar-refractivity contribution is -0.147. The molecule has 1 saturated heterocycles. The second-order valence-electron chi connectivity index (χ2n) is 9.72. The molecule has 1 fully saturated rings. The lowest BCUT2D eigenvalue weighted by Crippen LogP contribution is -2.40. The molecule has 0 aromatic heterocycles. The number of carbonyl (C=O) groups is 3. The van der Waals surface area contributed by atoms with E-state index >= 15 is 0 Å². The van der Waals surface area contributed by atoms with E-state index in [1.807, 2.05) is 24.3 Å². The van der Waals surface area contributed by atoms with Crippen molar-refractivity contribution >= 4 is 17.7 Å². The maximum atomic E-state index is 13.8. The minimum Gasteiger partial charge on any atom is -0.508 e. The Morgan fingerprint density at radius 1 is 1.05 bits per heavy atom. The summed E-state index contributed by atoms with van der Waals surface area (Å²) in [4.78, 5) is 39.1. The Morgan fingerprint density at radius 2 is 1.86 bits per heavy atom. The summed E-state index contributed by atoms with van der Waals surface area (Å²) in [7, 11) is 1.62. The third-order valence-corrected chi connectivity index (χ3v) is 7.31. The molecule has 0 saturated carbocycles. The van der Waals surface area contributed by atoms with Gasteiger partial charge in [0, 0.05) is 48.2 Å². The van der Waals surface area contributed by atoms with Crippen LogP contribution in [0.3, 0.4) is 0 Å². The van der Waals surface area contributed by atoms with Crippen LogP contribution in [0.15, 0.2) is 71.1 Å². The average Bonchev–Trinajstić information content (AvgIpc) is 2.87. The second-order valence-corrected chi connectivity index (χ2v) is 9.72. The second kappa shape index (κ2) is 10.1. The highest BCUT2D eigenvalue weighted by Gasteiger charge is 2.42. The van der Waals surface area contributed by atoms with Gasteiger partial charge < -0.3 is 25.2 Å². The third kappa shape index (κ3) is 4.83. The van der Waals surface area contributed by atoms with Gasteiger partial charge in [0.15, 0.2) is 5.78 Å². The topological polar surface area (TPSA) is 114 Å². The van der Waals surface area contributed by atoms with Gasteiger partial charge >= 0.3 is 5.97 Å². The number of phenols is 1. The number of aromatic hydroxyl groups is 1. The SMILES string of the molecule is COc1ccccc1[C@H]1CC(=O)C2=C(C1)NC(C)=C(C(=O)O[C@H]1CCNC(=O)C1)[C@H]2c1cccc(O)c1. The molecule has 2 aromatic rings. The van der Waals surface area contributed by atoms with Crippen LogP contribution in [0.1, 0.15) is 55.6 Å². The van der Waals surface area contributed by atoms with Crippen LogP contribution >= 0.6 is 0 Å². The number of dihydropyridines is 1. The molecule has 3 atom stereocenters. The molecule has 3 aliphatic rings. The highest BCUT2D eigenvalue weighted by atomic mass is 16.5. The summed E-state index contributed by atoms with van der Waals surface area (Å²) in [5, 5.41) is 16.3. The Bertz CT molecular complexity index is 1330. The zero-order valence-electron chi connectivity index (χ0n) is 20.9. The van der Waals surface area contributed by atoms with Crippen molar-refractivity contribution < 1.29 is 29.0 Å². The van der Waals surface area contributed by atoms with E-state index in [9.17, 15) is 19.5 Å². The molecule has 8 nitrogen and oxygen atoms in total. The molecule has 2 heterocycles. The molecule has 0 spiro atoms. The summed E-state index contributed by atoms with van der Waals surface area (Å²) < 4.78 is 11.3. The van der Waals surface area contributed by atoms with Crippen molar-refractivity contribution in [2.24, 2.45) is 0 Å². The lowest BCUT2D eigenvalue weighted by Gasteiger charge is -2.37. The Kier molecular flexibility index (Phi) is 6.74. The summed E-state index contributed by atoms with van der Waals surface area (Å²) in [5.74, 6) is -0.797. The summed E-state index contributed by atoms with van der Waals surface area (Å²) in [6, 6.07) is 14.3. The standard InChI is InChI=1S/C29H30N2O6/c1-16-26(29(35)37-20-10-11-30-25(34)15-20)27(17-6-5-7-19(32)12-17)28-22(31-16)13-18(14-23(28)33)21-8-3-4-9-24(21)36-2/h3-9,12,18,20,27,31-32H,10-11,13-15H2,1-2H3,(H,30,34)/t18-,20+,27-/m1/s1. The first kappa shape index (κ1) is 24.6. The van der Waals surface area contributed by atoms with Crippen LogP contribution in [-0.2, 0) is 19.1 Å². The van der Waals surface area contributed by atoms with Crippen molar-refractivity contribution in [2.45, 2.75) is 50.5 Å². The first-order valence-corrected chi connectivity index (χ1v) is 12.5. The molecule has 37 heavy (non-hydrogen) atoms. The van der Waals surface area contributed by atoms with Crippen molar-refractivity contribution in [3.63, 3.8) is 0 Å². The van der Waals surface area contributed by atoms with Crippen LogP contribution in [0.5, 0.6) is 11.5 Å². The van der Waals surface area contributed by atoms with Crippen molar-refractivity contribution in [3.05, 3.63) is 82.2 Å². The van der Waals surface area contributed by atoms with E-state index in [4.69, 9.17) is 9.47 Å². The van der Waals surface area contributed by atoms with Gasteiger partial charge in [-0.1, -0.05) is 30.3 Å². The Morgan fingerprint density at radius 3 is 2.62 bits per heavy atom. The van der Waals surface area contributed by atoms with Crippen molar-refractivity contribution in [3.8, 4) is 11.5 Å². The number of amides is 1. The van der Waals surface area contributed by atoms with E-state index in [0.29, 0.717) is 41.8 Å². The molecule has 1 aliphatic carbocycles. The molecule has 192 valence electrons. The zero-order chi connectivity index (χ0) is 26.1. The van der Waals surface area contributed by atoms with E-state index < -0.39 is 18.0 Å². The van der Waals surface area contributed by atoms with Gasteiger partial charge in [0.25, 0.3) is 0 Å². The van der Waals surface area contributed by atoms with E-state index in [1.165, 1.54) is 0 Å². The van der Waals surface area contributed by atoms with E-state index in [2.05, 4.69) is 10.6 Å². The van der Waals surface area contributed by atoms with E-state index in [-0.39, 0.29) is 36.2 Å². The van der Waals surface area contributed by atoms with Crippen molar-refractivity contribution in [1.82, 2.24) is 10.6 Å². The summed E-state index contributed by atoms with van der Waals surface area (Å²) in [6.07, 6.45) is 0.940. The van der Waals surface area contributed by atoms with Crippen molar-refractivity contribution in [1.29, 1.82) is 0 Å². The molecule has 5 rings (SSSR count). The van der Waals surface area contributed by atoms with Crippen LogP contribution in [0.2, 0.25) is 0 Å². The van der Waals surface area contributed by atoms with Gasteiger partial charge in [-0.2, -0.15) is 0 Å². The Hall–Kier alpha value is -4.07. The number of benzene rings is 2. The number of ether oxygens (including phenoxy) is 2. The number of esters is 1. The largest absolute Gasteiger partial charge is 0.508 e. The van der Waals surface area contributed by atoms with Gasteiger partial charge in [0.1, 0.15) is 17.6 Å². The summed E-state index contributed by atoms with van der Waals surface area (Å²) in [5.41, 5.74) is 3.77. The van der Waals surface area contributed by atoms with Gasteiger partial charge in [0.05, 0.1) is 19.1 Å². The van der Waals surface area contributed by atoms with Crippen molar-refractivity contribution in [2.75, 3.05) is 13.7 Å². The smallest absolute Gasteiger partial charge is 0.337 e. The van der Waals surface area contributed by atoms with Gasteiger partial charge in [-0.15, -0.1) is 0 Å². The number of carbonyl (C=O) groups excluding carboxylic acids is 3. The molecule has 8 heteroatoms. The number of ketones is 1. The number of piperidine rings is 1. The van der Waals surface area contributed by atoms with Crippen LogP contribution < -0.4 is 15.4 Å². The molecular weight excluding hydrogens is 472 g/mol. The first-order chi connectivity index (χ1) is 17.9. The van der Waals surface area contributed by atoms with Gasteiger partial charge in [-0.05, 0) is 42.7 Å². The van der Waals surface area contributed by atoms with Crippen LogP contribution in [0.25, 0.3) is 0 Å². The molecular formula is C29H30N2O6. The molecule has 0 bridgehead atoms. The number of para-hydroxylation sites is 1. The number of methoxy groups -OCH3 is 1. The summed E-state index contributed by atoms with van der Waals surface area (Å²) in [6.45, 7) is 2.24. The first-order valence-electron chi connectivity index (χ1n) is 12.5. The van der Waals surface area contributed by atoms with E-state index in [0.717, 1.165) is 17.0 Å². The number of rotatable bonds is 5. The minimum atomic E-state index is -0.695. The molecule has 3 N–H and O–H groups in total. The minimum absolute atomic E-state index is 0.0441. The normalized spacial score (nSPS) is 23.7. The number of hydrogen-bond donors (Lipinski definition) is 3. The highest BCUT2D eigenvalue weighted by molar-refractivity contribution is 6.04. The predicted octanol–water partition coefficient (Wildman–Crippen LogP) is 3.58. The summed E-state index contributed by atoms with van der Waals surface area (Å²) >= 11 is 0. The number of phenolic OH excluding ortho intramolecular Hbond substituents is 1. The lowest BCUT2D eigenvalue weighted by atomic mass is 9.71. The van der Waals surface area contributed by atoms with E-state index in [1.54, 1.807) is 38.3 Å². The molecule has 2 aromatic carbocycles. The van der Waals surface area contributed by atoms with Crippen LogP contribution in [0, 0.1) is 0 Å². The molecule has 0 radical (unpaired) electrons. The number of nitrogens with one attached hydrogen (secondary N) is 2. The van der Waals surface area contributed by atoms with Gasteiger partial charge in [0.2, 0.25) is 5.91 Å². The maximum absolute atomic E-state index is 13.8. The van der Waals surface area contributed by atoms with Gasteiger partial charge in [-0.3, -0.25) is 9.59 Å². The average molecular weight is 503 g/mol.